The van der Waals surface area contributed by atoms with Crippen molar-refractivity contribution in [2.45, 2.75) is 25.9 Å². The zero-order valence-electron chi connectivity index (χ0n) is 9.84. The Kier molecular flexibility index (Phi) is 3.19. The molecule has 5 heteroatoms. The smallest absolute Gasteiger partial charge is 0.291 e. The van der Waals surface area contributed by atoms with Crippen LogP contribution in [0, 0.1) is 0 Å². The molecule has 5 nitrogen and oxygen atoms in total. The molecule has 1 heterocycles. The van der Waals surface area contributed by atoms with Crippen molar-refractivity contribution >= 4 is 11.6 Å². The highest BCUT2D eigenvalue weighted by Gasteiger charge is 2.33. The lowest BCUT2D eigenvalue weighted by atomic mass is 10.1. The van der Waals surface area contributed by atoms with E-state index < -0.39 is 12.0 Å². The molecule has 1 aliphatic heterocycles. The molecule has 0 spiro atoms. The lowest BCUT2D eigenvalue weighted by Gasteiger charge is -2.30. The van der Waals surface area contributed by atoms with E-state index >= 15 is 0 Å². The van der Waals surface area contributed by atoms with E-state index in [0.717, 1.165) is 6.42 Å². The second-order valence-corrected chi connectivity index (χ2v) is 3.88. The quantitative estimate of drug-likeness (QED) is 0.816. The first-order valence-corrected chi connectivity index (χ1v) is 5.55. The first-order valence-electron chi connectivity index (χ1n) is 5.55. The topological polar surface area (TPSA) is 59.0 Å². The van der Waals surface area contributed by atoms with Crippen LogP contribution in [0.1, 0.15) is 19.8 Å². The lowest BCUT2D eigenvalue weighted by Crippen LogP contribution is -2.44. The fraction of sp³-hybridized carbons (Fsp3) is 0.417. The third-order valence-electron chi connectivity index (χ3n) is 2.70. The summed E-state index contributed by atoms with van der Waals surface area (Å²) in [5.41, 5.74) is 0.321. The Morgan fingerprint density at radius 3 is 2.94 bits per heavy atom. The van der Waals surface area contributed by atoms with Gasteiger partial charge in [-0.25, -0.2) is 0 Å². The number of amides is 1. The normalized spacial score (nSPS) is 18.6. The second kappa shape index (κ2) is 4.63. The lowest BCUT2D eigenvalue weighted by molar-refractivity contribution is -0.132. The van der Waals surface area contributed by atoms with Crippen LogP contribution >= 0.6 is 0 Å². The van der Waals surface area contributed by atoms with Crippen molar-refractivity contribution in [1.82, 2.24) is 0 Å². The third kappa shape index (κ3) is 2.06. The zero-order valence-corrected chi connectivity index (χ0v) is 9.84. The molecule has 0 bridgehead atoms. The molecular formula is C12H15NO4. The fourth-order valence-electron chi connectivity index (χ4n) is 1.79. The number of nitrogens with zero attached hydrogens (tertiary/aromatic N) is 1. The summed E-state index contributed by atoms with van der Waals surface area (Å²) >= 11 is 0. The molecule has 1 atom stereocenters. The number of hydroxylamine groups is 1. The summed E-state index contributed by atoms with van der Waals surface area (Å²) < 4.78 is 10.6. The SMILES string of the molecule is CCCC1Oc2ccc(OC)cc2N(O)C1=O. The van der Waals surface area contributed by atoms with Crippen LogP contribution in [-0.2, 0) is 4.79 Å². The number of benzene rings is 1. The third-order valence-corrected chi connectivity index (χ3v) is 2.70. The van der Waals surface area contributed by atoms with Gasteiger partial charge in [0.1, 0.15) is 17.2 Å². The highest BCUT2D eigenvalue weighted by molar-refractivity contribution is 5.98. The Morgan fingerprint density at radius 2 is 2.29 bits per heavy atom. The maximum atomic E-state index is 11.8. The van der Waals surface area contributed by atoms with Crippen molar-refractivity contribution in [1.29, 1.82) is 0 Å². The van der Waals surface area contributed by atoms with Crippen LogP contribution in [0.4, 0.5) is 5.69 Å². The summed E-state index contributed by atoms with van der Waals surface area (Å²) in [5, 5.41) is 10.4. The number of carbonyl (C=O) groups excluding carboxylic acids is 1. The van der Waals surface area contributed by atoms with Crippen molar-refractivity contribution < 1.29 is 19.5 Å². The molecule has 0 fully saturated rings. The first kappa shape index (κ1) is 11.7. The molecule has 0 saturated carbocycles. The predicted octanol–water partition coefficient (Wildman–Crippen LogP) is 1.98. The summed E-state index contributed by atoms with van der Waals surface area (Å²) in [6.07, 6.45) is 0.794. The van der Waals surface area contributed by atoms with Gasteiger partial charge in [-0.15, -0.1) is 0 Å². The Hall–Kier alpha value is -1.75. The molecule has 1 N–H and O–H groups in total. The van der Waals surface area contributed by atoms with Crippen molar-refractivity contribution in [3.63, 3.8) is 0 Å². The molecule has 0 saturated heterocycles. The van der Waals surface area contributed by atoms with Gasteiger partial charge in [-0.2, -0.15) is 5.06 Å². The Morgan fingerprint density at radius 1 is 1.53 bits per heavy atom. The van der Waals surface area contributed by atoms with Crippen LogP contribution < -0.4 is 14.5 Å². The van der Waals surface area contributed by atoms with Crippen LogP contribution in [0.2, 0.25) is 0 Å². The number of hydrogen-bond acceptors (Lipinski definition) is 4. The van der Waals surface area contributed by atoms with Crippen LogP contribution in [0.5, 0.6) is 11.5 Å². The van der Waals surface area contributed by atoms with Crippen LogP contribution in [0.3, 0.4) is 0 Å². The van der Waals surface area contributed by atoms with E-state index in [2.05, 4.69) is 0 Å². The van der Waals surface area contributed by atoms with Gasteiger partial charge in [0.2, 0.25) is 0 Å². The largest absolute Gasteiger partial charge is 0.497 e. The average molecular weight is 237 g/mol. The van der Waals surface area contributed by atoms with Crippen LogP contribution in [-0.4, -0.2) is 24.3 Å². The van der Waals surface area contributed by atoms with Gasteiger partial charge in [-0.3, -0.25) is 10.0 Å². The van der Waals surface area contributed by atoms with Crippen molar-refractivity contribution in [3.8, 4) is 11.5 Å². The van der Waals surface area contributed by atoms with E-state index in [1.165, 1.54) is 7.11 Å². The number of hydrogen-bond donors (Lipinski definition) is 1. The molecule has 2 rings (SSSR count). The fourth-order valence-corrected chi connectivity index (χ4v) is 1.79. The van der Waals surface area contributed by atoms with E-state index in [4.69, 9.17) is 9.47 Å². The van der Waals surface area contributed by atoms with Gasteiger partial charge in [-0.1, -0.05) is 13.3 Å². The summed E-state index contributed by atoms with van der Waals surface area (Å²) in [6.45, 7) is 1.96. The van der Waals surface area contributed by atoms with Gasteiger partial charge < -0.3 is 9.47 Å². The highest BCUT2D eigenvalue weighted by Crippen LogP contribution is 2.36. The van der Waals surface area contributed by atoms with E-state index in [1.807, 2.05) is 6.92 Å². The minimum atomic E-state index is -0.606. The number of ether oxygens (including phenoxy) is 2. The summed E-state index contributed by atoms with van der Waals surface area (Å²) in [4.78, 5) is 11.8. The molecule has 1 unspecified atom stereocenters. The van der Waals surface area contributed by atoms with Crippen molar-refractivity contribution in [3.05, 3.63) is 18.2 Å². The Balaban J connectivity index is 2.34. The van der Waals surface area contributed by atoms with Crippen LogP contribution in [0.25, 0.3) is 0 Å². The molecule has 92 valence electrons. The first-order chi connectivity index (χ1) is 8.17. The molecule has 0 aliphatic carbocycles. The van der Waals surface area contributed by atoms with Crippen molar-refractivity contribution in [2.24, 2.45) is 0 Å². The van der Waals surface area contributed by atoms with Gasteiger partial charge in [0, 0.05) is 6.07 Å². The van der Waals surface area contributed by atoms with Gasteiger partial charge in [0.25, 0.3) is 5.91 Å². The second-order valence-electron chi connectivity index (χ2n) is 3.88. The molecule has 0 aromatic heterocycles. The summed E-state index contributed by atoms with van der Waals surface area (Å²) in [5.74, 6) is 0.618. The van der Waals surface area contributed by atoms with E-state index in [1.54, 1.807) is 18.2 Å². The van der Waals surface area contributed by atoms with E-state index in [-0.39, 0.29) is 0 Å². The van der Waals surface area contributed by atoms with Gasteiger partial charge in [0.15, 0.2) is 6.10 Å². The molecule has 1 aliphatic rings. The monoisotopic (exact) mass is 237 g/mol. The van der Waals surface area contributed by atoms with Gasteiger partial charge in [-0.05, 0) is 18.6 Å². The maximum absolute atomic E-state index is 11.8. The van der Waals surface area contributed by atoms with E-state index in [9.17, 15) is 10.0 Å². The van der Waals surface area contributed by atoms with Gasteiger partial charge >= 0.3 is 0 Å². The number of anilines is 1. The average Bonchev–Trinajstić information content (AvgIpc) is 2.35. The number of fused-ring (bicyclic) bond motifs is 1. The standard InChI is InChI=1S/C12H15NO4/c1-3-4-11-12(14)13(15)9-7-8(16-2)5-6-10(9)17-11/h5-7,11,15H,3-4H2,1-2H3. The van der Waals surface area contributed by atoms with Crippen LogP contribution in [0.15, 0.2) is 18.2 Å². The molecule has 1 amide bonds. The van der Waals surface area contributed by atoms with E-state index in [0.29, 0.717) is 28.7 Å². The minimum Gasteiger partial charge on any atom is -0.497 e. The molecule has 0 radical (unpaired) electrons. The molecule has 17 heavy (non-hydrogen) atoms. The Labute approximate surface area is 99.5 Å². The number of carbonyl (C=O) groups is 1. The summed E-state index contributed by atoms with van der Waals surface area (Å²) in [7, 11) is 1.52. The minimum absolute atomic E-state index is 0.321. The van der Waals surface area contributed by atoms with Gasteiger partial charge in [0.05, 0.1) is 7.11 Å². The maximum Gasteiger partial charge on any atom is 0.291 e. The molecular weight excluding hydrogens is 222 g/mol. The van der Waals surface area contributed by atoms with Crippen molar-refractivity contribution in [2.75, 3.05) is 12.2 Å². The molecule has 1 aromatic rings. The zero-order chi connectivity index (χ0) is 12.4. The summed E-state index contributed by atoms with van der Waals surface area (Å²) in [6, 6.07) is 4.98. The number of methoxy groups -OCH3 is 1. The molecule has 1 aromatic carbocycles. The number of rotatable bonds is 3. The Bertz CT molecular complexity index is 433. The highest BCUT2D eigenvalue weighted by atomic mass is 16.6. The predicted molar refractivity (Wildman–Crippen MR) is 61.6 cm³/mol.